The Balaban J connectivity index is 1.74. The molecule has 0 fully saturated rings. The normalized spacial score (nSPS) is 14.5. The van der Waals surface area contributed by atoms with Gasteiger partial charge in [0, 0.05) is 12.1 Å². The second-order valence-electron chi connectivity index (χ2n) is 4.71. The van der Waals surface area contributed by atoms with Crippen molar-refractivity contribution >= 4 is 17.8 Å². The Morgan fingerprint density at radius 2 is 2.17 bits per heavy atom. The highest BCUT2D eigenvalue weighted by molar-refractivity contribution is 6.14. The molecule has 1 aliphatic rings. The van der Waals surface area contributed by atoms with Crippen molar-refractivity contribution in [1.29, 1.82) is 0 Å². The van der Waals surface area contributed by atoms with Gasteiger partial charge in [0.15, 0.2) is 12.4 Å². The number of carbonyl (C=O) groups excluding carboxylic acids is 2. The molecule has 0 saturated carbocycles. The maximum atomic E-state index is 12.2. The topological polar surface area (TPSA) is 75.0 Å². The molecule has 3 rings (SSSR count). The molecule has 0 unspecified atom stereocenters. The number of carbonyl (C=O) groups is 2. The maximum Gasteiger partial charge on any atom is 0.344 e. The first-order valence-electron chi connectivity index (χ1n) is 7.07. The SMILES string of the molecule is CCOC(=O)COc1ccc2c(c1)O/C(=C\c1ccco1)C2=O. The molecule has 0 bridgehead atoms. The molecular formula is C17H14O6. The minimum atomic E-state index is -0.455. The maximum absolute atomic E-state index is 12.2. The lowest BCUT2D eigenvalue weighted by Crippen LogP contribution is -2.14. The van der Waals surface area contributed by atoms with Gasteiger partial charge in [-0.3, -0.25) is 4.79 Å². The van der Waals surface area contributed by atoms with E-state index in [-0.39, 0.29) is 18.1 Å². The molecule has 0 spiro atoms. The van der Waals surface area contributed by atoms with Crippen LogP contribution in [0.15, 0.2) is 46.8 Å². The first-order valence-corrected chi connectivity index (χ1v) is 7.07. The molecule has 0 radical (unpaired) electrons. The Hall–Kier alpha value is -3.02. The van der Waals surface area contributed by atoms with Crippen LogP contribution in [0.3, 0.4) is 0 Å². The third kappa shape index (κ3) is 3.26. The predicted molar refractivity (Wildman–Crippen MR) is 80.2 cm³/mol. The first kappa shape index (κ1) is 14.9. The number of ether oxygens (including phenoxy) is 3. The van der Waals surface area contributed by atoms with Gasteiger partial charge in [-0.05, 0) is 31.2 Å². The number of furan rings is 1. The smallest absolute Gasteiger partial charge is 0.344 e. The highest BCUT2D eigenvalue weighted by Gasteiger charge is 2.28. The van der Waals surface area contributed by atoms with E-state index in [0.717, 1.165) is 0 Å². The summed E-state index contributed by atoms with van der Waals surface area (Å²) in [6.45, 7) is 1.82. The average molecular weight is 314 g/mol. The predicted octanol–water partition coefficient (Wildman–Crippen LogP) is 2.84. The molecule has 0 atom stereocenters. The number of hydrogen-bond acceptors (Lipinski definition) is 6. The molecule has 1 aliphatic heterocycles. The van der Waals surface area contributed by atoms with E-state index < -0.39 is 5.97 Å². The monoisotopic (exact) mass is 314 g/mol. The van der Waals surface area contributed by atoms with Crippen molar-refractivity contribution in [1.82, 2.24) is 0 Å². The van der Waals surface area contributed by atoms with Crippen LogP contribution in [0, 0.1) is 0 Å². The number of rotatable bonds is 5. The van der Waals surface area contributed by atoms with Crippen LogP contribution >= 0.6 is 0 Å². The van der Waals surface area contributed by atoms with Gasteiger partial charge in [0.25, 0.3) is 0 Å². The molecule has 6 heteroatoms. The number of allylic oxidation sites excluding steroid dienone is 1. The van der Waals surface area contributed by atoms with E-state index >= 15 is 0 Å². The van der Waals surface area contributed by atoms with E-state index in [1.165, 1.54) is 12.3 Å². The van der Waals surface area contributed by atoms with Crippen molar-refractivity contribution in [2.24, 2.45) is 0 Å². The van der Waals surface area contributed by atoms with Crippen LogP contribution in [0.1, 0.15) is 23.0 Å². The van der Waals surface area contributed by atoms with Crippen molar-refractivity contribution in [2.45, 2.75) is 6.92 Å². The van der Waals surface area contributed by atoms with Gasteiger partial charge in [-0.2, -0.15) is 0 Å². The number of fused-ring (bicyclic) bond motifs is 1. The zero-order valence-corrected chi connectivity index (χ0v) is 12.4. The molecule has 2 aromatic rings. The first-order chi connectivity index (χ1) is 11.2. The van der Waals surface area contributed by atoms with E-state index in [1.54, 1.807) is 37.3 Å². The fourth-order valence-corrected chi connectivity index (χ4v) is 2.10. The molecule has 0 aliphatic carbocycles. The zero-order chi connectivity index (χ0) is 16.2. The van der Waals surface area contributed by atoms with Crippen LogP contribution in [0.5, 0.6) is 11.5 Å². The van der Waals surface area contributed by atoms with Crippen LogP contribution < -0.4 is 9.47 Å². The summed E-state index contributed by atoms with van der Waals surface area (Å²) in [4.78, 5) is 23.5. The molecule has 0 N–H and O–H groups in total. The zero-order valence-electron chi connectivity index (χ0n) is 12.4. The molecule has 0 amide bonds. The highest BCUT2D eigenvalue weighted by atomic mass is 16.6. The summed E-state index contributed by atoms with van der Waals surface area (Å²) >= 11 is 0. The van der Waals surface area contributed by atoms with Gasteiger partial charge >= 0.3 is 5.97 Å². The lowest BCUT2D eigenvalue weighted by Gasteiger charge is -2.06. The molecule has 2 heterocycles. The standard InChI is InChI=1S/C17H14O6/c1-2-20-16(18)10-22-12-5-6-13-14(8-12)23-15(17(13)19)9-11-4-3-7-21-11/h3-9H,2,10H2,1H3/b15-9-. The van der Waals surface area contributed by atoms with Crippen LogP contribution in [-0.2, 0) is 9.53 Å². The fraction of sp³-hybridized carbons (Fsp3) is 0.176. The van der Waals surface area contributed by atoms with Crippen LogP contribution in [0.2, 0.25) is 0 Å². The summed E-state index contributed by atoms with van der Waals surface area (Å²) in [6, 6.07) is 8.21. The third-order valence-corrected chi connectivity index (χ3v) is 3.12. The minimum absolute atomic E-state index is 0.178. The van der Waals surface area contributed by atoms with Gasteiger partial charge in [-0.25, -0.2) is 4.79 Å². The third-order valence-electron chi connectivity index (χ3n) is 3.12. The largest absolute Gasteiger partial charge is 0.482 e. The lowest BCUT2D eigenvalue weighted by atomic mass is 10.1. The van der Waals surface area contributed by atoms with Crippen LogP contribution in [-0.4, -0.2) is 25.0 Å². The summed E-state index contributed by atoms with van der Waals surface area (Å²) in [6.07, 6.45) is 3.04. The summed E-state index contributed by atoms with van der Waals surface area (Å²) in [5.41, 5.74) is 0.436. The van der Waals surface area contributed by atoms with Crippen molar-refractivity contribution in [3.8, 4) is 11.5 Å². The number of hydrogen-bond donors (Lipinski definition) is 0. The number of Topliss-reactive ketones (excluding diaryl/α,β-unsaturated/α-hetero) is 1. The van der Waals surface area contributed by atoms with Crippen molar-refractivity contribution in [3.63, 3.8) is 0 Å². The Morgan fingerprint density at radius 1 is 1.30 bits per heavy atom. The average Bonchev–Trinajstić information content (AvgIpc) is 3.15. The highest BCUT2D eigenvalue weighted by Crippen LogP contribution is 2.34. The quantitative estimate of drug-likeness (QED) is 0.624. The molecule has 6 nitrogen and oxygen atoms in total. The summed E-state index contributed by atoms with van der Waals surface area (Å²) in [7, 11) is 0. The molecule has 1 aromatic heterocycles. The summed E-state index contributed by atoms with van der Waals surface area (Å²) in [5.74, 6) is 0.826. The van der Waals surface area contributed by atoms with Crippen molar-refractivity contribution in [2.75, 3.05) is 13.2 Å². The number of benzene rings is 1. The lowest BCUT2D eigenvalue weighted by molar-refractivity contribution is -0.145. The molecule has 23 heavy (non-hydrogen) atoms. The second kappa shape index (κ2) is 6.39. The van der Waals surface area contributed by atoms with E-state index in [0.29, 0.717) is 29.4 Å². The van der Waals surface area contributed by atoms with Gasteiger partial charge in [0.2, 0.25) is 5.78 Å². The van der Waals surface area contributed by atoms with E-state index in [9.17, 15) is 9.59 Å². The molecule has 1 aromatic carbocycles. The Bertz CT molecular complexity index is 757. The van der Waals surface area contributed by atoms with Gasteiger partial charge in [0.05, 0.1) is 18.4 Å². The number of esters is 1. The van der Waals surface area contributed by atoms with Gasteiger partial charge in [-0.15, -0.1) is 0 Å². The minimum Gasteiger partial charge on any atom is -0.482 e. The summed E-state index contributed by atoms with van der Waals surface area (Å²) in [5, 5.41) is 0. The Morgan fingerprint density at radius 3 is 2.91 bits per heavy atom. The van der Waals surface area contributed by atoms with E-state index in [4.69, 9.17) is 18.6 Å². The van der Waals surface area contributed by atoms with Gasteiger partial charge in [0.1, 0.15) is 17.3 Å². The number of ketones is 1. The summed E-state index contributed by atoms with van der Waals surface area (Å²) < 4.78 is 20.8. The van der Waals surface area contributed by atoms with Gasteiger partial charge < -0.3 is 18.6 Å². The molecular weight excluding hydrogens is 300 g/mol. The van der Waals surface area contributed by atoms with Crippen LogP contribution in [0.4, 0.5) is 0 Å². The van der Waals surface area contributed by atoms with Crippen LogP contribution in [0.25, 0.3) is 6.08 Å². The Labute approximate surface area is 132 Å². The molecule has 118 valence electrons. The van der Waals surface area contributed by atoms with Gasteiger partial charge in [-0.1, -0.05) is 0 Å². The fourth-order valence-electron chi connectivity index (χ4n) is 2.10. The van der Waals surface area contributed by atoms with E-state index in [2.05, 4.69) is 0 Å². The molecule has 0 saturated heterocycles. The second-order valence-corrected chi connectivity index (χ2v) is 4.71. The van der Waals surface area contributed by atoms with Crippen molar-refractivity contribution < 1.29 is 28.2 Å². The van der Waals surface area contributed by atoms with E-state index in [1.807, 2.05) is 0 Å². The Kier molecular flexibility index (Phi) is 4.14. The van der Waals surface area contributed by atoms with Crippen molar-refractivity contribution in [3.05, 3.63) is 53.7 Å².